The van der Waals surface area contributed by atoms with Crippen LogP contribution in [-0.4, -0.2) is 40.0 Å². The highest BCUT2D eigenvalue weighted by Gasteiger charge is 2.27. The first-order valence-corrected chi connectivity index (χ1v) is 8.45. The van der Waals surface area contributed by atoms with Gasteiger partial charge in [-0.25, -0.2) is 0 Å². The van der Waals surface area contributed by atoms with Crippen molar-refractivity contribution in [2.24, 2.45) is 0 Å². The summed E-state index contributed by atoms with van der Waals surface area (Å²) in [5.41, 5.74) is 2.29. The fraction of sp³-hybridized carbons (Fsp3) is 0.263. The number of nitrogens with zero attached hydrogens (tertiary/aromatic N) is 2. The van der Waals surface area contributed by atoms with Gasteiger partial charge in [0, 0.05) is 24.3 Å². The maximum absolute atomic E-state index is 11.7. The lowest BCUT2D eigenvalue weighted by Gasteiger charge is -2.13. The molecule has 1 heterocycles. The van der Waals surface area contributed by atoms with Gasteiger partial charge in [-0.05, 0) is 43.3 Å². The van der Waals surface area contributed by atoms with Crippen LogP contribution in [0.1, 0.15) is 11.3 Å². The van der Waals surface area contributed by atoms with Gasteiger partial charge in [-0.2, -0.15) is 0 Å². The van der Waals surface area contributed by atoms with Crippen molar-refractivity contribution in [3.8, 4) is 17.2 Å². The van der Waals surface area contributed by atoms with E-state index < -0.39 is 4.92 Å². The molecule has 0 amide bonds. The molecule has 0 fully saturated rings. The minimum Gasteiger partial charge on any atom is -0.508 e. The highest BCUT2D eigenvalue weighted by Crippen LogP contribution is 2.39. The number of hydrogen-bond donors (Lipinski definition) is 3. The standard InChI is InChI=1S/C19H21N3O5/c1-12-18(22(25)26)15-7-8-17(24)16(11-20-9-10-23)19(15)21(12)13-3-5-14(27-2)6-4-13/h3-8,20,23-24H,9-11H2,1-2H3. The van der Waals surface area contributed by atoms with E-state index in [2.05, 4.69) is 5.32 Å². The Labute approximate surface area is 155 Å². The lowest BCUT2D eigenvalue weighted by atomic mass is 10.1. The van der Waals surface area contributed by atoms with Crippen LogP contribution < -0.4 is 10.1 Å². The van der Waals surface area contributed by atoms with Crippen molar-refractivity contribution >= 4 is 16.6 Å². The second-order valence-corrected chi connectivity index (χ2v) is 6.08. The van der Waals surface area contributed by atoms with Gasteiger partial charge in [-0.1, -0.05) is 0 Å². The molecule has 0 spiro atoms. The molecule has 0 bridgehead atoms. The number of benzene rings is 2. The fourth-order valence-corrected chi connectivity index (χ4v) is 3.29. The number of nitrogens with one attached hydrogen (secondary N) is 1. The molecule has 0 aliphatic carbocycles. The highest BCUT2D eigenvalue weighted by molar-refractivity contribution is 5.96. The summed E-state index contributed by atoms with van der Waals surface area (Å²) in [6.45, 7) is 2.25. The van der Waals surface area contributed by atoms with Gasteiger partial charge in [0.1, 0.15) is 11.5 Å². The number of rotatable bonds is 7. The van der Waals surface area contributed by atoms with E-state index in [1.54, 1.807) is 36.8 Å². The number of aromatic hydroxyl groups is 1. The SMILES string of the molecule is COc1ccc(-n2c(C)c([N+](=O)[O-])c3ccc(O)c(CNCCO)c32)cc1. The van der Waals surface area contributed by atoms with E-state index in [9.17, 15) is 15.2 Å². The monoisotopic (exact) mass is 371 g/mol. The number of nitro groups is 1. The molecular weight excluding hydrogens is 350 g/mol. The quantitative estimate of drug-likeness (QED) is 0.335. The van der Waals surface area contributed by atoms with Crippen molar-refractivity contribution in [3.05, 3.63) is 57.8 Å². The number of aromatic nitrogens is 1. The normalized spacial score (nSPS) is 11.1. The highest BCUT2D eigenvalue weighted by atomic mass is 16.6. The zero-order chi connectivity index (χ0) is 19.6. The van der Waals surface area contributed by atoms with E-state index in [1.807, 2.05) is 12.1 Å². The van der Waals surface area contributed by atoms with Crippen LogP contribution in [0.15, 0.2) is 36.4 Å². The average Bonchev–Trinajstić information content (AvgIpc) is 2.96. The van der Waals surface area contributed by atoms with Crippen LogP contribution in [0.3, 0.4) is 0 Å². The van der Waals surface area contributed by atoms with Gasteiger partial charge < -0.3 is 24.8 Å². The summed E-state index contributed by atoms with van der Waals surface area (Å²) in [5.74, 6) is 0.713. The summed E-state index contributed by atoms with van der Waals surface area (Å²) >= 11 is 0. The van der Waals surface area contributed by atoms with Gasteiger partial charge in [0.15, 0.2) is 0 Å². The van der Waals surface area contributed by atoms with Gasteiger partial charge in [0.2, 0.25) is 0 Å². The second kappa shape index (κ2) is 7.65. The van der Waals surface area contributed by atoms with Gasteiger partial charge in [-0.3, -0.25) is 10.1 Å². The Morgan fingerprint density at radius 1 is 1.22 bits per heavy atom. The first-order chi connectivity index (χ1) is 13.0. The molecule has 0 aliphatic rings. The largest absolute Gasteiger partial charge is 0.508 e. The molecule has 8 nitrogen and oxygen atoms in total. The maximum Gasteiger partial charge on any atom is 0.298 e. The molecule has 0 radical (unpaired) electrons. The molecule has 3 N–H and O–H groups in total. The Hall–Kier alpha value is -3.10. The van der Waals surface area contributed by atoms with Gasteiger partial charge in [0.25, 0.3) is 5.69 Å². The molecule has 3 aromatic rings. The molecule has 3 rings (SSSR count). The Morgan fingerprint density at radius 3 is 2.52 bits per heavy atom. The van der Waals surface area contributed by atoms with E-state index in [0.29, 0.717) is 34.5 Å². The summed E-state index contributed by atoms with van der Waals surface area (Å²) in [6.07, 6.45) is 0. The Morgan fingerprint density at radius 2 is 1.93 bits per heavy atom. The lowest BCUT2D eigenvalue weighted by Crippen LogP contribution is -2.18. The smallest absolute Gasteiger partial charge is 0.298 e. The third kappa shape index (κ3) is 3.32. The molecule has 27 heavy (non-hydrogen) atoms. The van der Waals surface area contributed by atoms with Crippen LogP contribution in [-0.2, 0) is 6.54 Å². The average molecular weight is 371 g/mol. The topological polar surface area (TPSA) is 110 Å². The molecule has 0 saturated heterocycles. The van der Waals surface area contributed by atoms with Crippen molar-refractivity contribution < 1.29 is 19.9 Å². The summed E-state index contributed by atoms with van der Waals surface area (Å²) in [7, 11) is 1.57. The van der Waals surface area contributed by atoms with Crippen LogP contribution in [0, 0.1) is 17.0 Å². The minimum absolute atomic E-state index is 0.00391. The first kappa shape index (κ1) is 18.7. The number of methoxy groups -OCH3 is 1. The number of hydrogen-bond acceptors (Lipinski definition) is 6. The summed E-state index contributed by atoms with van der Waals surface area (Å²) in [5, 5.41) is 34.6. The molecule has 0 aliphatic heterocycles. The van der Waals surface area contributed by atoms with Crippen LogP contribution in [0.5, 0.6) is 11.5 Å². The van der Waals surface area contributed by atoms with Gasteiger partial charge in [0.05, 0.1) is 35.2 Å². The lowest BCUT2D eigenvalue weighted by molar-refractivity contribution is -0.383. The van der Waals surface area contributed by atoms with E-state index in [1.165, 1.54) is 6.07 Å². The number of phenols is 1. The predicted octanol–water partition coefficient (Wildman–Crippen LogP) is 2.64. The molecule has 8 heteroatoms. The molecule has 0 atom stereocenters. The molecule has 2 aromatic carbocycles. The summed E-state index contributed by atoms with van der Waals surface area (Å²) < 4.78 is 6.95. The van der Waals surface area contributed by atoms with Crippen LogP contribution in [0.2, 0.25) is 0 Å². The van der Waals surface area contributed by atoms with Crippen molar-refractivity contribution in [3.63, 3.8) is 0 Å². The second-order valence-electron chi connectivity index (χ2n) is 6.08. The third-order valence-electron chi connectivity index (χ3n) is 4.52. The fourth-order valence-electron chi connectivity index (χ4n) is 3.29. The summed E-state index contributed by atoms with van der Waals surface area (Å²) in [6, 6.07) is 10.2. The predicted molar refractivity (Wildman–Crippen MR) is 102 cm³/mol. The van der Waals surface area contributed by atoms with Crippen molar-refractivity contribution in [2.75, 3.05) is 20.3 Å². The molecule has 0 unspecified atom stereocenters. The molecule has 142 valence electrons. The molecular formula is C19H21N3O5. The number of aliphatic hydroxyl groups is 1. The first-order valence-electron chi connectivity index (χ1n) is 8.45. The zero-order valence-electron chi connectivity index (χ0n) is 15.1. The minimum atomic E-state index is -0.403. The van der Waals surface area contributed by atoms with Crippen molar-refractivity contribution in [1.82, 2.24) is 9.88 Å². The van der Waals surface area contributed by atoms with Crippen LogP contribution in [0.25, 0.3) is 16.6 Å². The Balaban J connectivity index is 2.30. The molecule has 0 saturated carbocycles. The Kier molecular flexibility index (Phi) is 5.29. The van der Waals surface area contributed by atoms with Crippen molar-refractivity contribution in [2.45, 2.75) is 13.5 Å². The summed E-state index contributed by atoms with van der Waals surface area (Å²) in [4.78, 5) is 11.3. The van der Waals surface area contributed by atoms with Gasteiger partial charge >= 0.3 is 0 Å². The zero-order valence-corrected chi connectivity index (χ0v) is 15.1. The Bertz CT molecular complexity index is 979. The van der Waals surface area contributed by atoms with E-state index >= 15 is 0 Å². The number of phenolic OH excluding ortho intramolecular Hbond substituents is 1. The number of aliphatic hydroxyl groups excluding tert-OH is 1. The van der Waals surface area contributed by atoms with E-state index in [4.69, 9.17) is 9.84 Å². The number of fused-ring (bicyclic) bond motifs is 1. The van der Waals surface area contributed by atoms with Crippen LogP contribution in [0.4, 0.5) is 5.69 Å². The van der Waals surface area contributed by atoms with E-state index in [0.717, 1.165) is 5.69 Å². The van der Waals surface area contributed by atoms with Gasteiger partial charge in [-0.15, -0.1) is 0 Å². The third-order valence-corrected chi connectivity index (χ3v) is 4.52. The maximum atomic E-state index is 11.7. The number of ether oxygens (including phenoxy) is 1. The van der Waals surface area contributed by atoms with Crippen molar-refractivity contribution in [1.29, 1.82) is 0 Å². The van der Waals surface area contributed by atoms with E-state index in [-0.39, 0.29) is 24.6 Å². The van der Waals surface area contributed by atoms with Crippen LogP contribution >= 0.6 is 0 Å². The molecule has 1 aromatic heterocycles.